The van der Waals surface area contributed by atoms with Gasteiger partial charge in [0.05, 0.1) is 5.39 Å². The van der Waals surface area contributed by atoms with E-state index in [0.29, 0.717) is 17.8 Å². The molecule has 0 bridgehead atoms. The van der Waals surface area contributed by atoms with Crippen LogP contribution in [0.5, 0.6) is 0 Å². The van der Waals surface area contributed by atoms with Gasteiger partial charge in [-0.25, -0.2) is 4.98 Å². The van der Waals surface area contributed by atoms with Gasteiger partial charge in [-0.2, -0.15) is 4.98 Å². The summed E-state index contributed by atoms with van der Waals surface area (Å²) in [7, 11) is 0. The Morgan fingerprint density at radius 2 is 1.85 bits per heavy atom. The average Bonchev–Trinajstić information content (AvgIpc) is 3.28. The molecule has 4 aromatic rings. The largest absolute Gasteiger partial charge is 0.383 e. The van der Waals surface area contributed by atoms with E-state index in [1.165, 1.54) is 22.8 Å². The first-order chi connectivity index (χ1) is 12.7. The topological polar surface area (TPSA) is 56.7 Å². The van der Waals surface area contributed by atoms with Crippen LogP contribution in [0, 0.1) is 0 Å². The molecule has 1 aliphatic carbocycles. The summed E-state index contributed by atoms with van der Waals surface area (Å²) >= 11 is 6.02. The number of aromatic nitrogens is 3. The predicted octanol–water partition coefficient (Wildman–Crippen LogP) is 5.33. The highest BCUT2D eigenvalue weighted by Gasteiger charge is 2.28. The van der Waals surface area contributed by atoms with Gasteiger partial charge in [-0.1, -0.05) is 42.5 Å². The zero-order chi connectivity index (χ0) is 17.7. The van der Waals surface area contributed by atoms with Gasteiger partial charge >= 0.3 is 0 Å². The van der Waals surface area contributed by atoms with Crippen molar-refractivity contribution >= 4 is 39.2 Å². The van der Waals surface area contributed by atoms with Crippen LogP contribution < -0.4 is 5.73 Å². The molecule has 2 N–H and O–H groups in total. The van der Waals surface area contributed by atoms with Crippen LogP contribution in [0.2, 0.25) is 5.28 Å². The highest BCUT2D eigenvalue weighted by atomic mass is 35.5. The van der Waals surface area contributed by atoms with Crippen LogP contribution >= 0.6 is 11.6 Å². The molecule has 1 aliphatic rings. The summed E-state index contributed by atoms with van der Waals surface area (Å²) in [5.41, 5.74) is 8.26. The molecule has 0 saturated heterocycles. The first-order valence-corrected chi connectivity index (χ1v) is 9.35. The van der Waals surface area contributed by atoms with Crippen LogP contribution in [0.1, 0.15) is 36.8 Å². The van der Waals surface area contributed by atoms with Gasteiger partial charge in [-0.3, -0.25) is 0 Å². The fraction of sp³-hybridized carbons (Fsp3) is 0.238. The van der Waals surface area contributed by atoms with Crippen molar-refractivity contribution in [2.45, 2.75) is 31.2 Å². The maximum Gasteiger partial charge on any atom is 0.226 e. The molecule has 130 valence electrons. The maximum absolute atomic E-state index is 6.02. The second kappa shape index (κ2) is 5.99. The highest BCUT2D eigenvalue weighted by molar-refractivity contribution is 6.28. The van der Waals surface area contributed by atoms with Crippen molar-refractivity contribution in [1.29, 1.82) is 0 Å². The summed E-state index contributed by atoms with van der Waals surface area (Å²) in [5.74, 6) is 1.01. The number of anilines is 1. The van der Waals surface area contributed by atoms with E-state index in [2.05, 4.69) is 63.2 Å². The van der Waals surface area contributed by atoms with Gasteiger partial charge in [-0.15, -0.1) is 0 Å². The predicted molar refractivity (Wildman–Crippen MR) is 107 cm³/mol. The van der Waals surface area contributed by atoms with E-state index in [1.807, 2.05) is 6.07 Å². The Bertz CT molecular complexity index is 1120. The van der Waals surface area contributed by atoms with Gasteiger partial charge in [-0.05, 0) is 59.2 Å². The summed E-state index contributed by atoms with van der Waals surface area (Å²) in [6.07, 6.45) is 5.48. The lowest BCUT2D eigenvalue weighted by Gasteiger charge is -2.15. The summed E-state index contributed by atoms with van der Waals surface area (Å²) in [6.45, 7) is 0. The summed E-state index contributed by atoms with van der Waals surface area (Å²) < 4.78 is 2.22. The molecule has 2 aromatic carbocycles. The third kappa shape index (κ3) is 2.53. The van der Waals surface area contributed by atoms with E-state index in [4.69, 9.17) is 17.3 Å². The molecule has 0 aliphatic heterocycles. The lowest BCUT2D eigenvalue weighted by atomic mass is 9.95. The van der Waals surface area contributed by atoms with Crippen molar-refractivity contribution in [3.8, 4) is 0 Å². The number of halogens is 1. The summed E-state index contributed by atoms with van der Waals surface area (Å²) in [4.78, 5) is 8.47. The molecule has 0 radical (unpaired) electrons. The van der Waals surface area contributed by atoms with Crippen molar-refractivity contribution in [1.82, 2.24) is 14.5 Å². The number of nitrogen functional groups attached to an aromatic ring is 1. The Morgan fingerprint density at radius 1 is 1.00 bits per heavy atom. The quantitative estimate of drug-likeness (QED) is 0.490. The number of benzene rings is 2. The van der Waals surface area contributed by atoms with Crippen molar-refractivity contribution in [2.75, 3.05) is 5.73 Å². The SMILES string of the molecule is Nc1nc(Cl)nc2c1ccn2C1CCC(c2ccc3ccccc3c2)C1. The highest BCUT2D eigenvalue weighted by Crippen LogP contribution is 2.42. The van der Waals surface area contributed by atoms with Crippen molar-refractivity contribution in [3.63, 3.8) is 0 Å². The molecular formula is C21H19ClN4. The first kappa shape index (κ1) is 15.6. The zero-order valence-corrected chi connectivity index (χ0v) is 15.0. The maximum atomic E-state index is 6.02. The Hall–Kier alpha value is -2.59. The van der Waals surface area contributed by atoms with E-state index >= 15 is 0 Å². The number of hydrogen-bond donors (Lipinski definition) is 1. The fourth-order valence-corrected chi connectivity index (χ4v) is 4.47. The van der Waals surface area contributed by atoms with Crippen molar-refractivity contribution < 1.29 is 0 Å². The number of rotatable bonds is 2. The molecule has 5 heteroatoms. The van der Waals surface area contributed by atoms with Crippen LogP contribution in [0.15, 0.2) is 54.7 Å². The fourth-order valence-electron chi connectivity index (χ4n) is 4.30. The summed E-state index contributed by atoms with van der Waals surface area (Å²) in [6, 6.07) is 17.8. The second-order valence-electron chi connectivity index (χ2n) is 7.11. The monoisotopic (exact) mass is 362 g/mol. The van der Waals surface area contributed by atoms with E-state index in [1.54, 1.807) is 0 Å². The zero-order valence-electron chi connectivity index (χ0n) is 14.3. The molecule has 5 rings (SSSR count). The third-order valence-electron chi connectivity index (χ3n) is 5.62. The van der Waals surface area contributed by atoms with E-state index in [9.17, 15) is 0 Å². The number of hydrogen-bond acceptors (Lipinski definition) is 3. The van der Waals surface area contributed by atoms with Gasteiger partial charge in [0.1, 0.15) is 11.5 Å². The van der Waals surface area contributed by atoms with E-state index in [0.717, 1.165) is 23.9 Å². The molecule has 2 aromatic heterocycles. The number of fused-ring (bicyclic) bond motifs is 2. The molecule has 4 nitrogen and oxygen atoms in total. The van der Waals surface area contributed by atoms with Gasteiger partial charge in [0.15, 0.2) is 0 Å². The third-order valence-corrected chi connectivity index (χ3v) is 5.79. The Morgan fingerprint density at radius 3 is 2.73 bits per heavy atom. The normalized spacial score (nSPS) is 20.2. The first-order valence-electron chi connectivity index (χ1n) is 8.97. The van der Waals surface area contributed by atoms with Crippen LogP contribution in [0.4, 0.5) is 5.82 Å². The minimum Gasteiger partial charge on any atom is -0.383 e. The van der Waals surface area contributed by atoms with Crippen LogP contribution in [-0.2, 0) is 0 Å². The Kier molecular flexibility index (Phi) is 3.61. The molecule has 2 atom stereocenters. The number of nitrogens with zero attached hydrogens (tertiary/aromatic N) is 3. The molecule has 0 spiro atoms. The van der Waals surface area contributed by atoms with Crippen molar-refractivity contribution in [3.05, 3.63) is 65.6 Å². The van der Waals surface area contributed by atoms with Gasteiger partial charge < -0.3 is 10.3 Å². The molecule has 2 unspecified atom stereocenters. The van der Waals surface area contributed by atoms with Crippen LogP contribution in [0.3, 0.4) is 0 Å². The van der Waals surface area contributed by atoms with E-state index in [-0.39, 0.29) is 5.28 Å². The lowest BCUT2D eigenvalue weighted by molar-refractivity contribution is 0.523. The molecule has 1 saturated carbocycles. The van der Waals surface area contributed by atoms with Crippen LogP contribution in [-0.4, -0.2) is 14.5 Å². The lowest BCUT2D eigenvalue weighted by Crippen LogP contribution is -2.06. The molecule has 0 amide bonds. The smallest absolute Gasteiger partial charge is 0.226 e. The van der Waals surface area contributed by atoms with Gasteiger partial charge in [0, 0.05) is 12.2 Å². The molecule has 2 heterocycles. The Balaban J connectivity index is 1.47. The standard InChI is InChI=1S/C21H19ClN4/c22-21-24-19(23)18-9-10-26(20(18)25-21)17-8-7-16(12-17)15-6-5-13-3-1-2-4-14(13)11-15/h1-6,9-11,16-17H,7-8,12H2,(H2,23,24,25). The molecular weight excluding hydrogens is 344 g/mol. The minimum atomic E-state index is 0.207. The average molecular weight is 363 g/mol. The minimum absolute atomic E-state index is 0.207. The van der Waals surface area contributed by atoms with Crippen LogP contribution in [0.25, 0.3) is 21.8 Å². The van der Waals surface area contributed by atoms with Gasteiger partial charge in [0.25, 0.3) is 0 Å². The Labute approximate surface area is 156 Å². The second-order valence-corrected chi connectivity index (χ2v) is 7.45. The van der Waals surface area contributed by atoms with Gasteiger partial charge in [0.2, 0.25) is 5.28 Å². The van der Waals surface area contributed by atoms with Crippen molar-refractivity contribution in [2.24, 2.45) is 0 Å². The summed E-state index contributed by atoms with van der Waals surface area (Å²) in [5, 5.41) is 3.69. The molecule has 26 heavy (non-hydrogen) atoms. The van der Waals surface area contributed by atoms with E-state index < -0.39 is 0 Å². The number of nitrogens with two attached hydrogens (primary N) is 1. The molecule has 1 fully saturated rings.